The van der Waals surface area contributed by atoms with Crippen molar-refractivity contribution in [3.8, 4) is 23.0 Å². The van der Waals surface area contributed by atoms with E-state index in [0.29, 0.717) is 11.5 Å². The Balaban J connectivity index is 1.99. The summed E-state index contributed by atoms with van der Waals surface area (Å²) in [4.78, 5) is 12.9. The number of phenolic OH excluding ortho intramolecular Hbond substituents is 2. The molecule has 1 heterocycles. The first-order valence-corrected chi connectivity index (χ1v) is 8.91. The second-order valence-corrected chi connectivity index (χ2v) is 6.96. The summed E-state index contributed by atoms with van der Waals surface area (Å²) < 4.78 is 10.4. The molecule has 0 aromatic heterocycles. The van der Waals surface area contributed by atoms with Crippen LogP contribution in [0.4, 0.5) is 0 Å². The van der Waals surface area contributed by atoms with Gasteiger partial charge in [0.05, 0.1) is 14.2 Å². The van der Waals surface area contributed by atoms with Crippen molar-refractivity contribution in [1.29, 1.82) is 0 Å². The number of methoxy groups -OCH3 is 2. The van der Waals surface area contributed by atoms with Crippen LogP contribution in [-0.2, 0) is 4.79 Å². The number of hydrogen-bond acceptors (Lipinski definition) is 6. The Bertz CT molecular complexity index is 783. The SMILES string of the molecule is COc1cc(C2NC(c3ccc(O)c(OC)c3)C(C)C(=O)C2C)ccc1O. The van der Waals surface area contributed by atoms with Crippen molar-refractivity contribution >= 4 is 5.78 Å². The normalized spacial score (nSPS) is 25.3. The lowest BCUT2D eigenvalue weighted by Crippen LogP contribution is -2.46. The number of carbonyl (C=O) groups excluding carboxylic acids is 1. The number of carbonyl (C=O) groups is 1. The van der Waals surface area contributed by atoms with Crippen molar-refractivity contribution < 1.29 is 24.5 Å². The van der Waals surface area contributed by atoms with Crippen molar-refractivity contribution in [1.82, 2.24) is 5.32 Å². The fourth-order valence-electron chi connectivity index (χ4n) is 3.77. The summed E-state index contributed by atoms with van der Waals surface area (Å²) in [5, 5.41) is 23.3. The highest BCUT2D eigenvalue weighted by Gasteiger charge is 2.40. The van der Waals surface area contributed by atoms with Gasteiger partial charge in [-0.1, -0.05) is 26.0 Å². The predicted molar refractivity (Wildman–Crippen MR) is 101 cm³/mol. The first kappa shape index (κ1) is 19.0. The van der Waals surface area contributed by atoms with Gasteiger partial charge in [0.2, 0.25) is 0 Å². The molecule has 3 rings (SSSR count). The third kappa shape index (κ3) is 3.45. The molecule has 0 saturated carbocycles. The van der Waals surface area contributed by atoms with E-state index in [1.807, 2.05) is 13.8 Å². The molecule has 0 bridgehead atoms. The second-order valence-electron chi connectivity index (χ2n) is 6.96. The summed E-state index contributed by atoms with van der Waals surface area (Å²) in [5.74, 6) is 0.552. The molecular weight excluding hydrogens is 346 g/mol. The van der Waals surface area contributed by atoms with E-state index in [2.05, 4.69) is 5.32 Å². The van der Waals surface area contributed by atoms with Gasteiger partial charge in [-0.3, -0.25) is 4.79 Å². The summed E-state index contributed by atoms with van der Waals surface area (Å²) in [7, 11) is 2.99. The van der Waals surface area contributed by atoms with Gasteiger partial charge in [0, 0.05) is 23.9 Å². The molecule has 27 heavy (non-hydrogen) atoms. The van der Waals surface area contributed by atoms with Crippen molar-refractivity contribution in [3.05, 3.63) is 47.5 Å². The Kier molecular flexibility index (Phi) is 5.28. The molecule has 0 aliphatic carbocycles. The average molecular weight is 371 g/mol. The van der Waals surface area contributed by atoms with Gasteiger partial charge in [-0.2, -0.15) is 0 Å². The van der Waals surface area contributed by atoms with Crippen molar-refractivity contribution in [2.75, 3.05) is 14.2 Å². The number of ketones is 1. The van der Waals surface area contributed by atoms with E-state index in [1.54, 1.807) is 36.4 Å². The van der Waals surface area contributed by atoms with E-state index in [-0.39, 0.29) is 41.2 Å². The van der Waals surface area contributed by atoms with Gasteiger partial charge in [0.1, 0.15) is 5.78 Å². The van der Waals surface area contributed by atoms with Crippen LogP contribution in [0.3, 0.4) is 0 Å². The first-order chi connectivity index (χ1) is 12.9. The maximum Gasteiger partial charge on any atom is 0.160 e. The fraction of sp³-hybridized carbons (Fsp3) is 0.381. The topological polar surface area (TPSA) is 88.0 Å². The zero-order valence-corrected chi connectivity index (χ0v) is 15.9. The van der Waals surface area contributed by atoms with E-state index >= 15 is 0 Å². The third-order valence-corrected chi connectivity index (χ3v) is 5.38. The highest BCUT2D eigenvalue weighted by Crippen LogP contribution is 2.41. The molecule has 6 nitrogen and oxygen atoms in total. The van der Waals surface area contributed by atoms with Crippen LogP contribution in [-0.4, -0.2) is 30.2 Å². The average Bonchev–Trinajstić information content (AvgIpc) is 2.67. The van der Waals surface area contributed by atoms with Gasteiger partial charge in [-0.05, 0) is 35.4 Å². The van der Waals surface area contributed by atoms with Crippen LogP contribution in [0, 0.1) is 11.8 Å². The lowest BCUT2D eigenvalue weighted by atomic mass is 9.76. The van der Waals surface area contributed by atoms with E-state index in [9.17, 15) is 15.0 Å². The van der Waals surface area contributed by atoms with Crippen LogP contribution in [0.5, 0.6) is 23.0 Å². The maximum absolute atomic E-state index is 12.9. The molecule has 1 saturated heterocycles. The molecule has 2 aromatic carbocycles. The summed E-state index contributed by atoms with van der Waals surface area (Å²) in [5.41, 5.74) is 1.74. The highest BCUT2D eigenvalue weighted by molar-refractivity contribution is 5.85. The van der Waals surface area contributed by atoms with Crippen LogP contribution in [0.2, 0.25) is 0 Å². The molecule has 1 fully saturated rings. The molecule has 4 unspecified atom stereocenters. The van der Waals surface area contributed by atoms with E-state index in [1.165, 1.54) is 14.2 Å². The van der Waals surface area contributed by atoms with Gasteiger partial charge in [-0.25, -0.2) is 0 Å². The Morgan fingerprint density at radius 1 is 0.815 bits per heavy atom. The van der Waals surface area contributed by atoms with Crippen LogP contribution in [0.15, 0.2) is 36.4 Å². The standard InChI is InChI=1S/C21H25NO5/c1-11-19(13-5-7-15(23)17(9-13)26-3)22-20(12(2)21(11)25)14-6-8-16(24)18(10-14)27-4/h5-12,19-20,22-24H,1-4H3. The molecule has 1 aliphatic heterocycles. The lowest BCUT2D eigenvalue weighted by molar-refractivity contribution is -0.130. The smallest absolute Gasteiger partial charge is 0.160 e. The van der Waals surface area contributed by atoms with Gasteiger partial charge < -0.3 is 25.0 Å². The Morgan fingerprint density at radius 3 is 1.59 bits per heavy atom. The molecule has 6 heteroatoms. The first-order valence-electron chi connectivity index (χ1n) is 8.91. The van der Waals surface area contributed by atoms with Crippen LogP contribution in [0.25, 0.3) is 0 Å². The van der Waals surface area contributed by atoms with Crippen molar-refractivity contribution in [3.63, 3.8) is 0 Å². The third-order valence-electron chi connectivity index (χ3n) is 5.38. The van der Waals surface area contributed by atoms with Crippen LogP contribution >= 0.6 is 0 Å². The van der Waals surface area contributed by atoms with Crippen molar-refractivity contribution in [2.24, 2.45) is 11.8 Å². The molecule has 1 aliphatic rings. The minimum Gasteiger partial charge on any atom is -0.504 e. The largest absolute Gasteiger partial charge is 0.504 e. The molecule has 0 spiro atoms. The van der Waals surface area contributed by atoms with E-state index < -0.39 is 0 Å². The highest BCUT2D eigenvalue weighted by atomic mass is 16.5. The second kappa shape index (κ2) is 7.48. The number of nitrogens with one attached hydrogen (secondary N) is 1. The maximum atomic E-state index is 12.9. The quantitative estimate of drug-likeness (QED) is 0.764. The Morgan fingerprint density at radius 2 is 1.22 bits per heavy atom. The Labute approximate surface area is 158 Å². The summed E-state index contributed by atoms with van der Waals surface area (Å²) in [6.07, 6.45) is 0. The van der Waals surface area contributed by atoms with Crippen molar-refractivity contribution in [2.45, 2.75) is 25.9 Å². The van der Waals surface area contributed by atoms with Gasteiger partial charge >= 0.3 is 0 Å². The van der Waals surface area contributed by atoms with Gasteiger partial charge in [-0.15, -0.1) is 0 Å². The molecule has 4 atom stereocenters. The Hall–Kier alpha value is -2.73. The zero-order valence-electron chi connectivity index (χ0n) is 15.9. The zero-order chi connectivity index (χ0) is 19.7. The van der Waals surface area contributed by atoms with Crippen LogP contribution in [0.1, 0.15) is 37.1 Å². The molecule has 144 valence electrons. The summed E-state index contributed by atoms with van der Waals surface area (Å²) >= 11 is 0. The number of aromatic hydroxyl groups is 2. The number of benzene rings is 2. The minimum absolute atomic E-state index is 0.0595. The number of Topliss-reactive ketones (excluding diaryl/α,β-unsaturated/α-hetero) is 1. The summed E-state index contributed by atoms with van der Waals surface area (Å²) in [6, 6.07) is 9.78. The number of hydrogen-bond donors (Lipinski definition) is 3. The van der Waals surface area contributed by atoms with E-state index in [0.717, 1.165) is 11.1 Å². The van der Waals surface area contributed by atoms with Crippen LogP contribution < -0.4 is 14.8 Å². The molecule has 0 amide bonds. The number of ether oxygens (including phenoxy) is 2. The fourth-order valence-corrected chi connectivity index (χ4v) is 3.77. The van der Waals surface area contributed by atoms with Gasteiger partial charge in [0.15, 0.2) is 23.0 Å². The van der Waals surface area contributed by atoms with Gasteiger partial charge in [0.25, 0.3) is 0 Å². The van der Waals surface area contributed by atoms with E-state index in [4.69, 9.17) is 9.47 Å². The monoisotopic (exact) mass is 371 g/mol. The lowest BCUT2D eigenvalue weighted by Gasteiger charge is -2.39. The molecule has 2 aromatic rings. The number of rotatable bonds is 4. The molecule has 3 N–H and O–H groups in total. The summed E-state index contributed by atoms with van der Waals surface area (Å²) in [6.45, 7) is 3.81. The molecule has 0 radical (unpaired) electrons. The number of phenols is 2. The minimum atomic E-state index is -0.232. The predicted octanol–water partition coefficient (Wildman–Crippen LogP) is 3.34. The molecular formula is C21H25NO5. The number of piperidine rings is 1.